The third-order valence-corrected chi connectivity index (χ3v) is 4.50. The van der Waals surface area contributed by atoms with E-state index in [4.69, 9.17) is 9.47 Å². The molecule has 0 unspecified atom stereocenters. The zero-order valence-electron chi connectivity index (χ0n) is 13.8. The van der Waals surface area contributed by atoms with Gasteiger partial charge in [-0.05, 0) is 31.5 Å². The summed E-state index contributed by atoms with van der Waals surface area (Å²) in [4.78, 5) is 5.08. The smallest absolute Gasteiger partial charge is 0.123 e. The van der Waals surface area contributed by atoms with Crippen LogP contribution in [0, 0.1) is 0 Å². The van der Waals surface area contributed by atoms with E-state index in [1.807, 2.05) is 12.1 Å². The molecule has 0 amide bonds. The molecule has 0 spiro atoms. The first-order valence-electron chi connectivity index (χ1n) is 7.85. The van der Waals surface area contributed by atoms with Crippen LogP contribution in [0.1, 0.15) is 25.8 Å². The first kappa shape index (κ1) is 16.1. The van der Waals surface area contributed by atoms with E-state index in [9.17, 15) is 0 Å². The van der Waals surface area contributed by atoms with E-state index < -0.39 is 0 Å². The minimum Gasteiger partial charge on any atom is -0.497 e. The summed E-state index contributed by atoms with van der Waals surface area (Å²) in [6.07, 6.45) is 1.23. The summed E-state index contributed by atoms with van der Waals surface area (Å²) in [5.41, 5.74) is 1.20. The van der Waals surface area contributed by atoms with Crippen molar-refractivity contribution in [1.29, 1.82) is 0 Å². The van der Waals surface area contributed by atoms with Gasteiger partial charge in [-0.1, -0.05) is 6.92 Å². The topological polar surface area (TPSA) is 24.9 Å². The van der Waals surface area contributed by atoms with Crippen LogP contribution in [0.5, 0.6) is 11.5 Å². The number of ether oxygens (including phenoxy) is 2. The maximum absolute atomic E-state index is 5.47. The van der Waals surface area contributed by atoms with Crippen molar-refractivity contribution >= 4 is 0 Å². The molecule has 4 heteroatoms. The second-order valence-electron chi connectivity index (χ2n) is 5.75. The summed E-state index contributed by atoms with van der Waals surface area (Å²) in [6, 6.07) is 6.71. The second kappa shape index (κ2) is 7.66. The number of nitrogens with zero attached hydrogens (tertiary/aromatic N) is 2. The lowest BCUT2D eigenvalue weighted by molar-refractivity contribution is 0.0958. The Bertz CT molecular complexity index is 442. The highest BCUT2D eigenvalue weighted by atomic mass is 16.5. The van der Waals surface area contributed by atoms with Crippen molar-refractivity contribution in [2.75, 3.05) is 40.4 Å². The molecule has 4 nitrogen and oxygen atoms in total. The summed E-state index contributed by atoms with van der Waals surface area (Å²) in [6.45, 7) is 10.0. The van der Waals surface area contributed by atoms with Crippen molar-refractivity contribution in [3.05, 3.63) is 23.8 Å². The van der Waals surface area contributed by atoms with Gasteiger partial charge in [0.25, 0.3) is 0 Å². The zero-order chi connectivity index (χ0) is 15.2. The summed E-state index contributed by atoms with van der Waals surface area (Å²) >= 11 is 0. The lowest BCUT2D eigenvalue weighted by Gasteiger charge is -2.38. The van der Waals surface area contributed by atoms with E-state index in [2.05, 4.69) is 29.7 Å². The fourth-order valence-corrected chi connectivity index (χ4v) is 2.87. The van der Waals surface area contributed by atoms with Crippen molar-refractivity contribution in [3.63, 3.8) is 0 Å². The summed E-state index contributed by atoms with van der Waals surface area (Å²) in [5, 5.41) is 0. The molecule has 21 heavy (non-hydrogen) atoms. The van der Waals surface area contributed by atoms with Crippen LogP contribution in [0.2, 0.25) is 0 Å². The van der Waals surface area contributed by atoms with Crippen LogP contribution in [0.25, 0.3) is 0 Å². The average Bonchev–Trinajstić information content (AvgIpc) is 2.54. The number of hydrogen-bond acceptors (Lipinski definition) is 4. The Kier molecular flexibility index (Phi) is 5.88. The molecule has 0 aromatic heterocycles. The van der Waals surface area contributed by atoms with E-state index in [0.29, 0.717) is 6.04 Å². The summed E-state index contributed by atoms with van der Waals surface area (Å²) in [7, 11) is 3.43. The molecule has 1 atom stereocenters. The van der Waals surface area contributed by atoms with Crippen LogP contribution in [0.4, 0.5) is 0 Å². The molecular formula is C17H28N2O2. The maximum atomic E-state index is 5.47. The highest BCUT2D eigenvalue weighted by molar-refractivity contribution is 5.40. The van der Waals surface area contributed by atoms with Gasteiger partial charge in [-0.25, -0.2) is 0 Å². The standard InChI is InChI=1S/C17H28N2O2/c1-5-14(2)19-10-8-18(9-11-19)13-15-12-16(20-3)6-7-17(15)21-4/h6-7,12,14H,5,8-11,13H2,1-4H3/t14-/m0/s1. The predicted octanol–water partition coefficient (Wildman–Crippen LogP) is 2.62. The van der Waals surface area contributed by atoms with E-state index in [1.54, 1.807) is 14.2 Å². The van der Waals surface area contributed by atoms with Crippen molar-refractivity contribution in [2.24, 2.45) is 0 Å². The number of rotatable bonds is 6. The van der Waals surface area contributed by atoms with Crippen LogP contribution in [-0.4, -0.2) is 56.2 Å². The van der Waals surface area contributed by atoms with Gasteiger partial charge >= 0.3 is 0 Å². The van der Waals surface area contributed by atoms with Gasteiger partial charge in [0, 0.05) is 44.3 Å². The quantitative estimate of drug-likeness (QED) is 0.805. The first-order chi connectivity index (χ1) is 10.2. The number of piperazine rings is 1. The molecule has 1 aliphatic heterocycles. The van der Waals surface area contributed by atoms with Crippen molar-refractivity contribution < 1.29 is 9.47 Å². The SMILES string of the molecule is CC[C@H](C)N1CCN(Cc2cc(OC)ccc2OC)CC1. The van der Waals surface area contributed by atoms with E-state index in [0.717, 1.165) is 44.2 Å². The third-order valence-electron chi connectivity index (χ3n) is 4.50. The van der Waals surface area contributed by atoms with Crippen LogP contribution in [0.3, 0.4) is 0 Å². The van der Waals surface area contributed by atoms with Gasteiger partial charge in [0.15, 0.2) is 0 Å². The molecule has 0 bridgehead atoms. The fourth-order valence-electron chi connectivity index (χ4n) is 2.87. The predicted molar refractivity (Wildman–Crippen MR) is 86.1 cm³/mol. The zero-order valence-corrected chi connectivity index (χ0v) is 13.8. The normalized spacial score (nSPS) is 18.5. The molecule has 0 radical (unpaired) electrons. The van der Waals surface area contributed by atoms with Gasteiger partial charge in [0.1, 0.15) is 11.5 Å². The van der Waals surface area contributed by atoms with Gasteiger partial charge < -0.3 is 9.47 Å². The molecule has 1 fully saturated rings. The van der Waals surface area contributed by atoms with Crippen LogP contribution in [-0.2, 0) is 6.54 Å². The molecule has 1 aromatic rings. The van der Waals surface area contributed by atoms with Crippen molar-refractivity contribution in [2.45, 2.75) is 32.9 Å². The second-order valence-corrected chi connectivity index (χ2v) is 5.75. The molecule has 0 saturated carbocycles. The third kappa shape index (κ3) is 4.11. The van der Waals surface area contributed by atoms with Gasteiger partial charge in [-0.3, -0.25) is 9.80 Å². The summed E-state index contributed by atoms with van der Waals surface area (Å²) < 4.78 is 10.8. The Morgan fingerprint density at radius 1 is 1.10 bits per heavy atom. The molecule has 0 N–H and O–H groups in total. The lowest BCUT2D eigenvalue weighted by Crippen LogP contribution is -2.49. The van der Waals surface area contributed by atoms with Gasteiger partial charge in [0.05, 0.1) is 14.2 Å². The Morgan fingerprint density at radius 3 is 2.38 bits per heavy atom. The van der Waals surface area contributed by atoms with Crippen LogP contribution < -0.4 is 9.47 Å². The summed E-state index contributed by atoms with van der Waals surface area (Å²) in [5.74, 6) is 1.84. The largest absolute Gasteiger partial charge is 0.497 e. The molecule has 2 rings (SSSR count). The van der Waals surface area contributed by atoms with Gasteiger partial charge in [-0.2, -0.15) is 0 Å². The number of methoxy groups -OCH3 is 2. The Hall–Kier alpha value is -1.26. The maximum Gasteiger partial charge on any atom is 0.123 e. The molecule has 0 aliphatic carbocycles. The number of benzene rings is 1. The monoisotopic (exact) mass is 292 g/mol. The van der Waals surface area contributed by atoms with E-state index in [-0.39, 0.29) is 0 Å². The van der Waals surface area contributed by atoms with Gasteiger partial charge in [-0.15, -0.1) is 0 Å². The fraction of sp³-hybridized carbons (Fsp3) is 0.647. The average molecular weight is 292 g/mol. The minimum absolute atomic E-state index is 0.693. The molecule has 1 aromatic carbocycles. The highest BCUT2D eigenvalue weighted by Crippen LogP contribution is 2.25. The van der Waals surface area contributed by atoms with Crippen LogP contribution >= 0.6 is 0 Å². The van der Waals surface area contributed by atoms with E-state index >= 15 is 0 Å². The van der Waals surface area contributed by atoms with Gasteiger partial charge in [0.2, 0.25) is 0 Å². The molecular weight excluding hydrogens is 264 g/mol. The minimum atomic E-state index is 0.693. The Morgan fingerprint density at radius 2 is 1.81 bits per heavy atom. The van der Waals surface area contributed by atoms with Crippen molar-refractivity contribution in [1.82, 2.24) is 9.80 Å². The lowest BCUT2D eigenvalue weighted by atomic mass is 10.1. The Labute approximate surface area is 128 Å². The molecule has 1 heterocycles. The number of hydrogen-bond donors (Lipinski definition) is 0. The first-order valence-corrected chi connectivity index (χ1v) is 7.85. The highest BCUT2D eigenvalue weighted by Gasteiger charge is 2.21. The Balaban J connectivity index is 1.97. The van der Waals surface area contributed by atoms with Crippen LogP contribution in [0.15, 0.2) is 18.2 Å². The molecule has 1 saturated heterocycles. The van der Waals surface area contributed by atoms with Crippen molar-refractivity contribution in [3.8, 4) is 11.5 Å². The van der Waals surface area contributed by atoms with E-state index in [1.165, 1.54) is 12.0 Å². The molecule has 1 aliphatic rings. The molecule has 118 valence electrons.